The number of carbonyl (C=O) groups excluding carboxylic acids is 1. The Balaban J connectivity index is 1.87. The van der Waals surface area contributed by atoms with Gasteiger partial charge in [-0.2, -0.15) is 0 Å². The molecule has 0 saturated heterocycles. The molecule has 0 saturated carbocycles. The van der Waals surface area contributed by atoms with E-state index >= 15 is 0 Å². The lowest BCUT2D eigenvalue weighted by atomic mass is 10.1. The fourth-order valence-electron chi connectivity index (χ4n) is 3.05. The molecule has 0 aliphatic heterocycles. The van der Waals surface area contributed by atoms with E-state index in [2.05, 4.69) is 40.8 Å². The van der Waals surface area contributed by atoms with E-state index in [1.165, 1.54) is 0 Å². The highest BCUT2D eigenvalue weighted by atomic mass is 35.5. The number of anilines is 1. The normalized spacial score (nSPS) is 11.9. The van der Waals surface area contributed by atoms with Crippen LogP contribution in [0.25, 0.3) is 11.8 Å². The fraction of sp³-hybridized carbons (Fsp3) is 0.192. The van der Waals surface area contributed by atoms with Crippen molar-refractivity contribution in [1.82, 2.24) is 10.3 Å². The summed E-state index contributed by atoms with van der Waals surface area (Å²) in [5.74, 6) is -0.326. The number of amides is 1. The highest BCUT2D eigenvalue weighted by Crippen LogP contribution is 2.33. The van der Waals surface area contributed by atoms with Crippen molar-refractivity contribution in [3.8, 4) is 0 Å². The van der Waals surface area contributed by atoms with Gasteiger partial charge in [0.25, 0.3) is 5.91 Å². The van der Waals surface area contributed by atoms with Gasteiger partial charge in [-0.1, -0.05) is 48.7 Å². The summed E-state index contributed by atoms with van der Waals surface area (Å²) in [6.45, 7) is 4.07. The highest BCUT2D eigenvalue weighted by molar-refractivity contribution is 7.14. The lowest BCUT2D eigenvalue weighted by Crippen LogP contribution is -2.30. The number of nitrogens with one attached hydrogen (secondary N) is 3. The minimum atomic E-state index is -0.326. The summed E-state index contributed by atoms with van der Waals surface area (Å²) in [5, 5.41) is 15.8. The van der Waals surface area contributed by atoms with Gasteiger partial charge in [0.15, 0.2) is 0 Å². The van der Waals surface area contributed by atoms with Gasteiger partial charge < -0.3 is 16.0 Å². The monoisotopic (exact) mass is 512 g/mol. The largest absolute Gasteiger partial charge is 0.353 e. The molecular weight excluding hydrogens is 487 g/mol. The molecule has 1 amide bonds. The molecule has 0 bridgehead atoms. The number of hydrogen-bond donors (Lipinski definition) is 3. The number of nitrogens with zero attached hydrogens (tertiary/aromatic N) is 1. The summed E-state index contributed by atoms with van der Waals surface area (Å²) < 4.78 is 0. The number of rotatable bonds is 10. The predicted molar refractivity (Wildman–Crippen MR) is 145 cm³/mol. The van der Waals surface area contributed by atoms with Crippen LogP contribution in [0.5, 0.6) is 0 Å². The Morgan fingerprint density at radius 1 is 1.18 bits per heavy atom. The molecule has 176 valence electrons. The van der Waals surface area contributed by atoms with Gasteiger partial charge in [0, 0.05) is 16.1 Å². The summed E-state index contributed by atoms with van der Waals surface area (Å²) >= 11 is 14.1. The van der Waals surface area contributed by atoms with Gasteiger partial charge in [0.1, 0.15) is 5.69 Å². The highest BCUT2D eigenvalue weighted by Gasteiger charge is 2.15. The van der Waals surface area contributed by atoms with Gasteiger partial charge in [0.2, 0.25) is 0 Å². The van der Waals surface area contributed by atoms with E-state index in [0.717, 1.165) is 28.3 Å². The van der Waals surface area contributed by atoms with Crippen LogP contribution < -0.4 is 10.6 Å². The van der Waals surface area contributed by atoms with Crippen molar-refractivity contribution < 1.29 is 4.79 Å². The number of pyridine rings is 1. The molecule has 34 heavy (non-hydrogen) atoms. The number of carbonyl (C=O) groups is 1. The van der Waals surface area contributed by atoms with E-state index in [4.69, 9.17) is 28.6 Å². The van der Waals surface area contributed by atoms with Crippen molar-refractivity contribution in [3.63, 3.8) is 0 Å². The van der Waals surface area contributed by atoms with Crippen molar-refractivity contribution in [3.05, 3.63) is 91.9 Å². The fourth-order valence-corrected chi connectivity index (χ4v) is 4.50. The topological polar surface area (TPSA) is 77.9 Å². The minimum absolute atomic E-state index is 0.0649. The predicted octanol–water partition coefficient (Wildman–Crippen LogP) is 7.56. The zero-order chi connectivity index (χ0) is 24.5. The molecule has 5 nitrogen and oxygen atoms in total. The van der Waals surface area contributed by atoms with Gasteiger partial charge in [-0.3, -0.25) is 9.78 Å². The molecule has 3 rings (SSSR count). The maximum atomic E-state index is 12.4. The van der Waals surface area contributed by atoms with Crippen LogP contribution in [0.15, 0.2) is 66.4 Å². The molecule has 0 aliphatic carbocycles. The molecule has 0 unspecified atom stereocenters. The number of allylic oxidation sites excluding steroid dienone is 1. The first-order chi connectivity index (χ1) is 16.4. The van der Waals surface area contributed by atoms with Crippen LogP contribution in [-0.2, 0) is 0 Å². The SMILES string of the molecule is CCC/C=C/c1ccc(/C(Nc2ccc(Cl)cc2Cl)=C(\C)C(=N)CNC(=O)c2ccccn2)s1. The number of benzene rings is 1. The Morgan fingerprint density at radius 2 is 2.00 bits per heavy atom. The second-order valence-corrected chi connectivity index (χ2v) is 9.48. The van der Waals surface area contributed by atoms with Crippen molar-refractivity contribution >= 4 is 63.6 Å². The van der Waals surface area contributed by atoms with Crippen LogP contribution in [0.1, 0.15) is 46.9 Å². The van der Waals surface area contributed by atoms with Crippen LogP contribution in [0.2, 0.25) is 10.0 Å². The zero-order valence-electron chi connectivity index (χ0n) is 19.0. The van der Waals surface area contributed by atoms with Gasteiger partial charge in [-0.25, -0.2) is 0 Å². The van der Waals surface area contributed by atoms with Gasteiger partial charge in [-0.05, 0) is 67.5 Å². The standard InChI is InChI=1S/C26H26Cl2N4OS/c1-3-4-5-8-19-11-13-24(34-19)25(32-22-12-10-18(27)15-20(22)28)17(2)21(29)16-31-26(33)23-9-6-7-14-30-23/h5-15,29,32H,3-4,16H2,1-2H3,(H,31,33)/b8-5+,25-17-,29-21?. The van der Waals surface area contributed by atoms with Crippen molar-refractivity contribution in [2.24, 2.45) is 0 Å². The number of thiophene rings is 1. The Morgan fingerprint density at radius 3 is 2.71 bits per heavy atom. The van der Waals surface area contributed by atoms with E-state index in [1.54, 1.807) is 53.9 Å². The van der Waals surface area contributed by atoms with Crippen LogP contribution in [-0.4, -0.2) is 23.1 Å². The lowest BCUT2D eigenvalue weighted by molar-refractivity contribution is 0.0954. The summed E-state index contributed by atoms with van der Waals surface area (Å²) in [5.41, 5.74) is 2.71. The molecule has 8 heteroatoms. The zero-order valence-corrected chi connectivity index (χ0v) is 21.3. The van der Waals surface area contributed by atoms with Gasteiger partial charge in [0.05, 0.1) is 33.5 Å². The van der Waals surface area contributed by atoms with E-state index in [0.29, 0.717) is 27.0 Å². The summed E-state index contributed by atoms with van der Waals surface area (Å²) in [6, 6.07) is 14.4. The molecule has 0 radical (unpaired) electrons. The molecule has 3 aromatic rings. The molecule has 0 spiro atoms. The van der Waals surface area contributed by atoms with Crippen LogP contribution in [0.4, 0.5) is 5.69 Å². The summed E-state index contributed by atoms with van der Waals surface area (Å²) in [6.07, 6.45) is 7.95. The van der Waals surface area contributed by atoms with E-state index in [1.807, 2.05) is 13.0 Å². The first-order valence-electron chi connectivity index (χ1n) is 10.9. The second kappa shape index (κ2) is 12.5. The Labute approximate surface area is 214 Å². The first-order valence-corrected chi connectivity index (χ1v) is 12.4. The molecular formula is C26H26Cl2N4OS. The maximum Gasteiger partial charge on any atom is 0.270 e. The second-order valence-electron chi connectivity index (χ2n) is 7.52. The van der Waals surface area contributed by atoms with Gasteiger partial charge in [-0.15, -0.1) is 11.3 Å². The summed E-state index contributed by atoms with van der Waals surface area (Å²) in [7, 11) is 0. The average molecular weight is 513 g/mol. The van der Waals surface area contributed by atoms with Crippen LogP contribution >= 0.6 is 34.5 Å². The minimum Gasteiger partial charge on any atom is -0.353 e. The molecule has 2 heterocycles. The van der Waals surface area contributed by atoms with Crippen molar-refractivity contribution in [2.45, 2.75) is 26.7 Å². The van der Waals surface area contributed by atoms with Crippen molar-refractivity contribution in [2.75, 3.05) is 11.9 Å². The smallest absolute Gasteiger partial charge is 0.270 e. The summed E-state index contributed by atoms with van der Waals surface area (Å²) in [4.78, 5) is 18.5. The van der Waals surface area contributed by atoms with Crippen LogP contribution in [0, 0.1) is 5.41 Å². The lowest BCUT2D eigenvalue weighted by Gasteiger charge is -2.16. The quantitative estimate of drug-likeness (QED) is 0.245. The van der Waals surface area contributed by atoms with E-state index in [9.17, 15) is 4.79 Å². The number of aromatic nitrogens is 1. The third-order valence-corrected chi connectivity index (χ3v) is 6.57. The van der Waals surface area contributed by atoms with Crippen LogP contribution in [0.3, 0.4) is 0 Å². The van der Waals surface area contributed by atoms with E-state index in [-0.39, 0.29) is 18.2 Å². The molecule has 3 N–H and O–H groups in total. The Hall–Kier alpha value is -2.93. The van der Waals surface area contributed by atoms with E-state index < -0.39 is 0 Å². The third-order valence-electron chi connectivity index (χ3n) is 4.95. The Kier molecular flexibility index (Phi) is 9.45. The number of hydrogen-bond acceptors (Lipinski definition) is 5. The molecule has 0 atom stereocenters. The number of halogens is 2. The third kappa shape index (κ3) is 7.03. The van der Waals surface area contributed by atoms with Gasteiger partial charge >= 0.3 is 0 Å². The molecule has 1 aromatic carbocycles. The maximum absolute atomic E-state index is 12.4. The number of unbranched alkanes of at least 4 members (excludes halogenated alkanes) is 1. The molecule has 0 aliphatic rings. The van der Waals surface area contributed by atoms with Crippen molar-refractivity contribution in [1.29, 1.82) is 5.41 Å². The first kappa shape index (κ1) is 25.7. The molecule has 0 fully saturated rings. The molecule has 2 aromatic heterocycles. The Bertz CT molecular complexity index is 1220. The average Bonchev–Trinajstić information content (AvgIpc) is 3.30.